The molecule has 7 nitrogen and oxygen atoms in total. The number of hydrogen-bond acceptors (Lipinski definition) is 6. The highest BCUT2D eigenvalue weighted by molar-refractivity contribution is 5.79. The molecule has 0 radical (unpaired) electrons. The lowest BCUT2D eigenvalue weighted by Gasteiger charge is -2.31. The Morgan fingerprint density at radius 2 is 2.26 bits per heavy atom. The van der Waals surface area contributed by atoms with Crippen molar-refractivity contribution in [2.75, 3.05) is 24.6 Å². The van der Waals surface area contributed by atoms with E-state index < -0.39 is 10.3 Å². The van der Waals surface area contributed by atoms with Gasteiger partial charge in [0.15, 0.2) is 0 Å². The Morgan fingerprint density at radius 3 is 2.83 bits per heavy atom. The molecule has 0 amide bonds. The maximum Gasteiger partial charge on any atom is 0.314 e. The first-order valence-corrected chi connectivity index (χ1v) is 7.85. The summed E-state index contributed by atoms with van der Waals surface area (Å²) in [7, 11) is 0. The van der Waals surface area contributed by atoms with Crippen LogP contribution in [0.2, 0.25) is 0 Å². The molecule has 1 aromatic rings. The van der Waals surface area contributed by atoms with Crippen LogP contribution < -0.4 is 4.90 Å². The number of nitrogens with zero attached hydrogens (tertiary/aromatic N) is 3. The van der Waals surface area contributed by atoms with E-state index in [4.69, 9.17) is 4.74 Å². The summed E-state index contributed by atoms with van der Waals surface area (Å²) < 4.78 is 5.26. The van der Waals surface area contributed by atoms with Crippen LogP contribution >= 0.6 is 0 Å². The largest absolute Gasteiger partial charge is 0.466 e. The zero-order valence-electron chi connectivity index (χ0n) is 14.0. The predicted molar refractivity (Wildman–Crippen MR) is 86.4 cm³/mol. The minimum atomic E-state index is -0.644. The highest BCUT2D eigenvalue weighted by Gasteiger charge is 2.49. The third-order valence-corrected chi connectivity index (χ3v) is 4.68. The molecule has 1 unspecified atom stereocenters. The molecule has 2 rings (SSSR count). The number of aromatic nitrogens is 1. The van der Waals surface area contributed by atoms with E-state index in [2.05, 4.69) is 4.98 Å². The molecule has 1 aliphatic heterocycles. The molecule has 0 aliphatic carbocycles. The summed E-state index contributed by atoms with van der Waals surface area (Å²) in [6.45, 7) is 8.72. The number of hydrogen-bond donors (Lipinski definition) is 0. The topological polar surface area (TPSA) is 85.6 Å². The first kappa shape index (κ1) is 17.2. The number of carbonyl (C=O) groups excluding carboxylic acids is 1. The predicted octanol–water partition coefficient (Wildman–Crippen LogP) is 2.71. The number of rotatable bonds is 5. The standard InChI is InChI=1S/C16H23N3O4/c1-5-23-15(20)16(11(2)3)7-9-18(10-16)14-13(19(21)22)12(4)6-8-17-14/h6,8,11H,5,7,9-10H2,1-4H3. The number of anilines is 1. The fraction of sp³-hybridized carbons (Fsp3) is 0.625. The average Bonchev–Trinajstić information content (AvgIpc) is 2.93. The minimum Gasteiger partial charge on any atom is -0.466 e. The van der Waals surface area contributed by atoms with Gasteiger partial charge in [0, 0.05) is 24.8 Å². The fourth-order valence-corrected chi connectivity index (χ4v) is 3.16. The average molecular weight is 321 g/mol. The SMILES string of the molecule is CCOC(=O)C1(C(C)C)CCN(c2nccc(C)c2[N+](=O)[O-])C1. The van der Waals surface area contributed by atoms with Gasteiger partial charge in [-0.2, -0.15) is 0 Å². The molecule has 1 atom stereocenters. The van der Waals surface area contributed by atoms with Crippen molar-refractivity contribution >= 4 is 17.5 Å². The molecule has 1 aromatic heterocycles. The second kappa shape index (κ2) is 6.52. The number of aryl methyl sites for hydroxylation is 1. The van der Waals surface area contributed by atoms with Gasteiger partial charge in [-0.3, -0.25) is 14.9 Å². The van der Waals surface area contributed by atoms with E-state index in [0.29, 0.717) is 37.5 Å². The Bertz CT molecular complexity index is 617. The lowest BCUT2D eigenvalue weighted by Crippen LogP contribution is -2.41. The van der Waals surface area contributed by atoms with Gasteiger partial charge in [0.1, 0.15) is 0 Å². The second-order valence-corrected chi connectivity index (χ2v) is 6.26. The molecule has 7 heteroatoms. The highest BCUT2D eigenvalue weighted by Crippen LogP contribution is 2.42. The van der Waals surface area contributed by atoms with Crippen LogP contribution in [0.3, 0.4) is 0 Å². The number of esters is 1. The minimum absolute atomic E-state index is 0.0101. The molecule has 1 saturated heterocycles. The van der Waals surface area contributed by atoms with Gasteiger partial charge >= 0.3 is 11.7 Å². The molecule has 1 fully saturated rings. The van der Waals surface area contributed by atoms with Gasteiger partial charge in [0.2, 0.25) is 5.82 Å². The Balaban J connectivity index is 2.37. The Labute approximate surface area is 135 Å². The molecule has 1 aliphatic rings. The number of pyridine rings is 1. The normalized spacial score (nSPS) is 20.8. The summed E-state index contributed by atoms with van der Waals surface area (Å²) in [6.07, 6.45) is 2.17. The van der Waals surface area contributed by atoms with E-state index in [9.17, 15) is 14.9 Å². The van der Waals surface area contributed by atoms with Crippen LogP contribution in [-0.2, 0) is 9.53 Å². The lowest BCUT2D eigenvalue weighted by molar-refractivity contribution is -0.384. The van der Waals surface area contributed by atoms with E-state index >= 15 is 0 Å². The van der Waals surface area contributed by atoms with E-state index in [1.165, 1.54) is 0 Å². The Hall–Kier alpha value is -2.18. The van der Waals surface area contributed by atoms with Crippen molar-refractivity contribution in [2.24, 2.45) is 11.3 Å². The molecule has 0 bridgehead atoms. The summed E-state index contributed by atoms with van der Waals surface area (Å²) in [5.74, 6) is 0.185. The number of carbonyl (C=O) groups is 1. The molecule has 0 spiro atoms. The van der Waals surface area contributed by atoms with Gasteiger partial charge in [-0.15, -0.1) is 0 Å². The Morgan fingerprint density at radius 1 is 1.57 bits per heavy atom. The zero-order chi connectivity index (χ0) is 17.2. The quantitative estimate of drug-likeness (QED) is 0.471. The van der Waals surface area contributed by atoms with Gasteiger partial charge in [0.25, 0.3) is 0 Å². The molecule has 2 heterocycles. The maximum atomic E-state index is 12.5. The summed E-state index contributed by atoms with van der Waals surface area (Å²) in [5.41, 5.74) is -0.0657. The van der Waals surface area contributed by atoms with Gasteiger partial charge in [-0.1, -0.05) is 13.8 Å². The van der Waals surface area contributed by atoms with Crippen LogP contribution in [0.5, 0.6) is 0 Å². The van der Waals surface area contributed by atoms with Gasteiger partial charge in [-0.05, 0) is 32.3 Å². The number of nitro groups is 1. The van der Waals surface area contributed by atoms with E-state index in [-0.39, 0.29) is 17.6 Å². The van der Waals surface area contributed by atoms with Gasteiger partial charge < -0.3 is 9.64 Å². The highest BCUT2D eigenvalue weighted by atomic mass is 16.6. The monoisotopic (exact) mass is 321 g/mol. The van der Waals surface area contributed by atoms with Crippen molar-refractivity contribution in [1.82, 2.24) is 4.98 Å². The smallest absolute Gasteiger partial charge is 0.314 e. The van der Waals surface area contributed by atoms with Crippen LogP contribution in [-0.4, -0.2) is 35.6 Å². The van der Waals surface area contributed by atoms with E-state index in [1.807, 2.05) is 18.7 Å². The van der Waals surface area contributed by atoms with Crippen molar-refractivity contribution in [3.8, 4) is 0 Å². The van der Waals surface area contributed by atoms with Crippen molar-refractivity contribution in [2.45, 2.75) is 34.1 Å². The maximum absolute atomic E-state index is 12.5. The lowest BCUT2D eigenvalue weighted by atomic mass is 9.76. The van der Waals surface area contributed by atoms with E-state index in [0.717, 1.165) is 0 Å². The van der Waals surface area contributed by atoms with Crippen molar-refractivity contribution in [3.05, 3.63) is 27.9 Å². The first-order chi connectivity index (χ1) is 10.8. The van der Waals surface area contributed by atoms with Crippen molar-refractivity contribution in [3.63, 3.8) is 0 Å². The van der Waals surface area contributed by atoms with Crippen LogP contribution in [0.4, 0.5) is 11.5 Å². The summed E-state index contributed by atoms with van der Waals surface area (Å²) >= 11 is 0. The summed E-state index contributed by atoms with van der Waals surface area (Å²) in [5, 5.41) is 11.4. The molecular weight excluding hydrogens is 298 g/mol. The van der Waals surface area contributed by atoms with Crippen LogP contribution in [0.15, 0.2) is 12.3 Å². The van der Waals surface area contributed by atoms with Gasteiger partial charge in [-0.25, -0.2) is 4.98 Å². The van der Waals surface area contributed by atoms with Crippen molar-refractivity contribution < 1.29 is 14.5 Å². The van der Waals surface area contributed by atoms with E-state index in [1.54, 1.807) is 26.1 Å². The van der Waals surface area contributed by atoms with Crippen LogP contribution in [0.1, 0.15) is 32.8 Å². The third kappa shape index (κ3) is 3.00. The molecule has 126 valence electrons. The molecule has 0 N–H and O–H groups in total. The molecular formula is C16H23N3O4. The third-order valence-electron chi connectivity index (χ3n) is 4.68. The zero-order valence-corrected chi connectivity index (χ0v) is 14.0. The summed E-state index contributed by atoms with van der Waals surface area (Å²) in [4.78, 5) is 29.5. The first-order valence-electron chi connectivity index (χ1n) is 7.85. The second-order valence-electron chi connectivity index (χ2n) is 6.26. The van der Waals surface area contributed by atoms with Crippen LogP contribution in [0, 0.1) is 28.4 Å². The van der Waals surface area contributed by atoms with Crippen molar-refractivity contribution in [1.29, 1.82) is 0 Å². The summed E-state index contributed by atoms with van der Waals surface area (Å²) in [6, 6.07) is 1.62. The Kier molecular flexibility index (Phi) is 4.87. The number of ether oxygens (including phenoxy) is 1. The molecule has 0 aromatic carbocycles. The molecule has 23 heavy (non-hydrogen) atoms. The van der Waals surface area contributed by atoms with Gasteiger partial charge in [0.05, 0.1) is 16.9 Å². The molecule has 0 saturated carbocycles. The fourth-order valence-electron chi connectivity index (χ4n) is 3.16. The van der Waals surface area contributed by atoms with Crippen LogP contribution in [0.25, 0.3) is 0 Å².